The molecule has 7 heterocycles. The van der Waals surface area contributed by atoms with Crippen molar-refractivity contribution in [3.05, 3.63) is 58.3 Å². The molecule has 0 amide bonds. The van der Waals surface area contributed by atoms with E-state index in [4.69, 9.17) is 13.8 Å². The molecule has 230 valence electrons. The SMILES string of the molecule is [2H]C([2H])(Oc1nc(N2CC3CCC2CN3)c2ccn(-c3cc(O)cc4ccc(F)c(CC)c34)c(=O)c2n1)[C@@]12CCCN1C[C@]([2H])(F)C2. The Morgan fingerprint density at radius 3 is 2.91 bits per heavy atom. The molecule has 2 bridgehead atoms. The average Bonchev–Trinajstić information content (AvgIpc) is 3.55. The monoisotopic (exact) mass is 605 g/mol. The van der Waals surface area contributed by atoms with Crippen molar-refractivity contribution in [2.45, 2.75) is 69.2 Å². The zero-order chi connectivity index (χ0) is 32.9. The summed E-state index contributed by atoms with van der Waals surface area (Å²) < 4.78 is 63.5. The first-order chi connectivity index (χ1) is 22.4. The van der Waals surface area contributed by atoms with Gasteiger partial charge in [-0.05, 0) is 67.8 Å². The van der Waals surface area contributed by atoms with E-state index >= 15 is 4.39 Å². The number of anilines is 1. The van der Waals surface area contributed by atoms with Crippen molar-refractivity contribution in [2.24, 2.45) is 0 Å². The first-order valence-electron chi connectivity index (χ1n) is 16.9. The molecule has 4 aromatic rings. The van der Waals surface area contributed by atoms with Crippen LogP contribution >= 0.6 is 0 Å². The Morgan fingerprint density at radius 1 is 1.25 bits per heavy atom. The number of pyridine rings is 1. The molecule has 4 atom stereocenters. The smallest absolute Gasteiger partial charge is 0.319 e. The minimum Gasteiger partial charge on any atom is -0.508 e. The number of hydrogen-bond acceptors (Lipinski definition) is 8. The van der Waals surface area contributed by atoms with Gasteiger partial charge in [-0.15, -0.1) is 0 Å². The van der Waals surface area contributed by atoms with Crippen LogP contribution in [-0.2, 0) is 6.42 Å². The third-order valence-electron chi connectivity index (χ3n) is 9.88. The summed E-state index contributed by atoms with van der Waals surface area (Å²) in [5, 5.41) is 15.6. The minimum atomic E-state index is -2.48. The number of nitrogens with one attached hydrogen (secondary N) is 1. The molecule has 2 N–H and O–H groups in total. The lowest BCUT2D eigenvalue weighted by atomic mass is 9.93. The highest BCUT2D eigenvalue weighted by molar-refractivity contribution is 5.95. The van der Waals surface area contributed by atoms with Crippen LogP contribution in [0.1, 0.15) is 48.7 Å². The van der Waals surface area contributed by atoms with Crippen LogP contribution in [0.4, 0.5) is 14.6 Å². The Morgan fingerprint density at radius 2 is 2.14 bits per heavy atom. The minimum absolute atomic E-state index is 0.0313. The number of aromatic hydroxyl groups is 1. The molecule has 2 aromatic carbocycles. The summed E-state index contributed by atoms with van der Waals surface area (Å²) in [5.41, 5.74) is -1.31. The molecule has 44 heavy (non-hydrogen) atoms. The fourth-order valence-electron chi connectivity index (χ4n) is 7.76. The number of piperidine rings is 2. The zero-order valence-electron chi connectivity index (χ0n) is 27.4. The van der Waals surface area contributed by atoms with Crippen molar-refractivity contribution in [3.8, 4) is 17.4 Å². The number of phenols is 1. The van der Waals surface area contributed by atoms with Gasteiger partial charge >= 0.3 is 6.01 Å². The molecule has 9 nitrogen and oxygen atoms in total. The normalized spacial score (nSPS) is 29.6. The molecule has 5 aliphatic rings. The second-order valence-electron chi connectivity index (χ2n) is 12.5. The zero-order valence-corrected chi connectivity index (χ0v) is 24.4. The average molecular weight is 606 g/mol. The number of phenolic OH excluding ortho intramolecular Hbond substituents is 1. The van der Waals surface area contributed by atoms with Crippen molar-refractivity contribution < 1.29 is 22.7 Å². The third kappa shape index (κ3) is 4.34. The Balaban J connectivity index is 1.32. The van der Waals surface area contributed by atoms with Gasteiger partial charge in [-0.3, -0.25) is 14.3 Å². The van der Waals surface area contributed by atoms with Crippen LogP contribution in [0.2, 0.25) is 0 Å². The van der Waals surface area contributed by atoms with E-state index in [-0.39, 0.29) is 48.0 Å². The Hall–Kier alpha value is -3.83. The Labute approximate surface area is 257 Å². The van der Waals surface area contributed by atoms with Gasteiger partial charge in [0.05, 0.1) is 20.7 Å². The van der Waals surface area contributed by atoms with Crippen LogP contribution in [0.25, 0.3) is 27.4 Å². The summed E-state index contributed by atoms with van der Waals surface area (Å²) in [6, 6.07) is 7.51. The number of halogens is 2. The molecule has 0 aliphatic carbocycles. The van der Waals surface area contributed by atoms with Crippen LogP contribution in [0.3, 0.4) is 0 Å². The number of alkyl halides is 1. The van der Waals surface area contributed by atoms with E-state index in [2.05, 4.69) is 15.2 Å². The highest BCUT2D eigenvalue weighted by Crippen LogP contribution is 2.41. The molecule has 0 radical (unpaired) electrons. The lowest BCUT2D eigenvalue weighted by molar-refractivity contribution is 0.107. The predicted octanol–water partition coefficient (Wildman–Crippen LogP) is 4.24. The molecule has 5 aliphatic heterocycles. The van der Waals surface area contributed by atoms with Gasteiger partial charge < -0.3 is 20.1 Å². The van der Waals surface area contributed by atoms with Gasteiger partial charge in [0, 0.05) is 55.8 Å². The van der Waals surface area contributed by atoms with E-state index in [1.165, 1.54) is 22.8 Å². The van der Waals surface area contributed by atoms with Crippen molar-refractivity contribution >= 4 is 27.5 Å². The molecule has 11 heteroatoms. The standard InChI is InChI=1S/C33H36F2N6O3/c1-2-24-26(35)7-4-19-12-23(42)13-27(28(19)24)40-11-8-25-29(31(40)43)37-32(38-30(25)41-17-21-5-6-22(41)15-36-21)44-18-33-9-3-10-39(33)16-20(34)14-33/h4,7-8,11-13,20-22,36,42H,2-3,5-6,9-10,14-18H2,1H3/t20-,21?,22?,33+/m1/s1/i18D2,20D. The maximum atomic E-state index is 15.0. The first kappa shape index (κ1) is 24.5. The Bertz CT molecular complexity index is 1990. The summed E-state index contributed by atoms with van der Waals surface area (Å²) in [7, 11) is 0. The van der Waals surface area contributed by atoms with E-state index in [0.29, 0.717) is 59.9 Å². The maximum Gasteiger partial charge on any atom is 0.319 e. The molecular formula is C33H36F2N6O3. The molecule has 5 saturated heterocycles. The molecular weight excluding hydrogens is 566 g/mol. The Kier molecular flexibility index (Phi) is 5.77. The summed E-state index contributed by atoms with van der Waals surface area (Å²) in [4.78, 5) is 27.4. The third-order valence-corrected chi connectivity index (χ3v) is 9.88. The van der Waals surface area contributed by atoms with E-state index in [9.17, 15) is 14.3 Å². The van der Waals surface area contributed by atoms with Crippen molar-refractivity contribution in [1.29, 1.82) is 0 Å². The van der Waals surface area contributed by atoms with Gasteiger partial charge in [0.1, 0.15) is 35.6 Å². The molecule has 2 aromatic heterocycles. The fourth-order valence-corrected chi connectivity index (χ4v) is 7.76. The van der Waals surface area contributed by atoms with Crippen molar-refractivity contribution in [1.82, 2.24) is 24.8 Å². The molecule has 5 fully saturated rings. The summed E-state index contributed by atoms with van der Waals surface area (Å²) in [6.07, 6.45) is 2.10. The number of rotatable bonds is 6. The van der Waals surface area contributed by atoms with E-state index < -0.39 is 29.6 Å². The van der Waals surface area contributed by atoms with E-state index in [1.54, 1.807) is 23.2 Å². The van der Waals surface area contributed by atoms with Crippen molar-refractivity contribution in [2.75, 3.05) is 37.6 Å². The summed E-state index contributed by atoms with van der Waals surface area (Å²) in [6.45, 7) is 0.929. The van der Waals surface area contributed by atoms with Gasteiger partial charge in [-0.25, -0.2) is 8.78 Å². The van der Waals surface area contributed by atoms with Gasteiger partial charge in [0.25, 0.3) is 5.56 Å². The highest BCUT2D eigenvalue weighted by Gasteiger charge is 2.49. The highest BCUT2D eigenvalue weighted by atomic mass is 19.1. The van der Waals surface area contributed by atoms with Crippen LogP contribution in [0.5, 0.6) is 11.8 Å². The lowest BCUT2D eigenvalue weighted by Gasteiger charge is -2.46. The number of benzene rings is 2. The van der Waals surface area contributed by atoms with E-state index in [0.717, 1.165) is 19.4 Å². The van der Waals surface area contributed by atoms with Gasteiger partial charge in [-0.1, -0.05) is 13.0 Å². The fraction of sp³-hybridized carbons (Fsp3) is 0.485. The van der Waals surface area contributed by atoms with Crippen LogP contribution < -0.4 is 20.5 Å². The molecule has 0 spiro atoms. The van der Waals surface area contributed by atoms with Crippen LogP contribution in [0, 0.1) is 5.82 Å². The quantitative estimate of drug-likeness (QED) is 0.337. The van der Waals surface area contributed by atoms with Gasteiger partial charge in [0.15, 0.2) is 0 Å². The lowest BCUT2D eigenvalue weighted by Crippen LogP contribution is -2.61. The second kappa shape index (κ2) is 10.4. The van der Waals surface area contributed by atoms with Gasteiger partial charge in [0.2, 0.25) is 0 Å². The molecule has 2 unspecified atom stereocenters. The number of nitrogens with zero attached hydrogens (tertiary/aromatic N) is 5. The van der Waals surface area contributed by atoms with E-state index in [1.807, 2.05) is 6.92 Å². The number of hydrogen-bond donors (Lipinski definition) is 2. The number of aryl methyl sites for hydroxylation is 1. The largest absolute Gasteiger partial charge is 0.508 e. The number of fused-ring (bicyclic) bond motifs is 6. The predicted molar refractivity (Wildman–Crippen MR) is 164 cm³/mol. The van der Waals surface area contributed by atoms with Gasteiger partial charge in [-0.2, -0.15) is 9.97 Å². The number of piperazine rings is 1. The second-order valence-corrected chi connectivity index (χ2v) is 12.5. The van der Waals surface area contributed by atoms with Crippen LogP contribution in [-0.4, -0.2) is 81.0 Å². The number of aromatic nitrogens is 3. The maximum absolute atomic E-state index is 15.0. The van der Waals surface area contributed by atoms with Crippen molar-refractivity contribution in [3.63, 3.8) is 0 Å². The van der Waals surface area contributed by atoms with Crippen LogP contribution in [0.15, 0.2) is 41.3 Å². The first-order valence-corrected chi connectivity index (χ1v) is 15.4. The topological polar surface area (TPSA) is 95.8 Å². The molecule has 9 rings (SSSR count). The summed E-state index contributed by atoms with van der Waals surface area (Å²) >= 11 is 0. The molecule has 0 saturated carbocycles. The summed E-state index contributed by atoms with van der Waals surface area (Å²) in [5.74, 6) is -0.0787. The number of ether oxygens (including phenoxy) is 1.